The summed E-state index contributed by atoms with van der Waals surface area (Å²) in [5.74, 6) is -1.01. The molecular weight excluding hydrogens is 739 g/mol. The highest BCUT2D eigenvalue weighted by atomic mass is 32.2. The van der Waals surface area contributed by atoms with Gasteiger partial charge in [0.05, 0.1) is 36.1 Å². The molecule has 1 fully saturated rings. The van der Waals surface area contributed by atoms with Crippen LogP contribution in [0, 0.1) is 11.8 Å². The van der Waals surface area contributed by atoms with Gasteiger partial charge in [0.15, 0.2) is 0 Å². The number of hydrogen-bond donors (Lipinski definition) is 0. The van der Waals surface area contributed by atoms with E-state index in [1.807, 2.05) is 11.8 Å². The van der Waals surface area contributed by atoms with Gasteiger partial charge >= 0.3 is 18.5 Å². The molecule has 0 radical (unpaired) electrons. The number of sulfone groups is 1. The van der Waals surface area contributed by atoms with Gasteiger partial charge in [-0.2, -0.15) is 39.5 Å². The van der Waals surface area contributed by atoms with E-state index >= 15 is 0 Å². The van der Waals surface area contributed by atoms with E-state index in [1.165, 1.54) is 18.0 Å². The summed E-state index contributed by atoms with van der Waals surface area (Å²) in [5.41, 5.74) is -4.59. The van der Waals surface area contributed by atoms with Gasteiger partial charge in [-0.25, -0.2) is 18.4 Å². The normalized spacial score (nSPS) is 22.6. The molecule has 1 aromatic rings. The van der Waals surface area contributed by atoms with Crippen molar-refractivity contribution in [3.63, 3.8) is 0 Å². The summed E-state index contributed by atoms with van der Waals surface area (Å²) >= 11 is 0. The van der Waals surface area contributed by atoms with Crippen LogP contribution in [-0.2, 0) is 26.9 Å². The van der Waals surface area contributed by atoms with Gasteiger partial charge in [-0.3, -0.25) is 0 Å². The monoisotopic (exact) mass is 786 g/mol. The Kier molecular flexibility index (Phi) is 13.2. The van der Waals surface area contributed by atoms with Gasteiger partial charge in [-0.15, -0.1) is 0 Å². The van der Waals surface area contributed by atoms with Crippen LogP contribution in [0.2, 0.25) is 0 Å². The summed E-state index contributed by atoms with van der Waals surface area (Å²) in [6.07, 6.45) is -7.57. The van der Waals surface area contributed by atoms with Crippen molar-refractivity contribution in [2.45, 2.75) is 96.4 Å². The standard InChI is InChI=1S/C36H47F9N4O3S/c1-6-30(25-15-27(34(37,38)39)18-28(16-25)35(40,41)42)49(32-46-21-33(4,22-47-32)52-12-13-53(5,50)51)20-26-17-29(36(43,44)45)23(3)14-31(26)48(7-2)19-24-10-8-9-11-24/h15-18,21,23-24,30H,6-14,19-20,22H2,1-5H3. The van der Waals surface area contributed by atoms with Crippen molar-refractivity contribution in [3.8, 4) is 0 Å². The highest BCUT2D eigenvalue weighted by Gasteiger charge is 2.42. The first-order valence-corrected chi connectivity index (χ1v) is 19.7. The number of hydrogen-bond acceptors (Lipinski definition) is 7. The van der Waals surface area contributed by atoms with E-state index in [9.17, 15) is 47.9 Å². The molecule has 7 nitrogen and oxygen atoms in total. The molecule has 2 aliphatic carbocycles. The molecule has 4 rings (SSSR count). The number of alkyl halides is 9. The molecule has 1 saturated carbocycles. The molecule has 0 aromatic heterocycles. The van der Waals surface area contributed by atoms with E-state index in [1.54, 1.807) is 13.8 Å². The van der Waals surface area contributed by atoms with Crippen molar-refractivity contribution >= 4 is 22.0 Å². The van der Waals surface area contributed by atoms with E-state index in [0.29, 0.717) is 36.8 Å². The molecule has 1 aromatic carbocycles. The molecule has 0 amide bonds. The van der Waals surface area contributed by atoms with Crippen LogP contribution < -0.4 is 0 Å². The van der Waals surface area contributed by atoms with E-state index in [2.05, 4.69) is 9.98 Å². The summed E-state index contributed by atoms with van der Waals surface area (Å²) in [6.45, 7) is 6.84. The first-order valence-electron chi connectivity index (χ1n) is 17.7. The SMILES string of the molecule is CCC(c1cc(C(F)(F)F)cc(C(F)(F)F)c1)N(CC1=C(N(CC)CC2CCCC2)CC(C)C(C(F)(F)F)=C1)C1=NCC(C)(OCCS(C)(=O)=O)C=N1. The largest absolute Gasteiger partial charge is 0.416 e. The minimum atomic E-state index is -5.13. The number of ether oxygens (including phenoxy) is 1. The van der Waals surface area contributed by atoms with Crippen molar-refractivity contribution < 1.29 is 52.7 Å². The maximum atomic E-state index is 14.4. The number of guanidine groups is 1. The maximum absolute atomic E-state index is 14.4. The molecule has 1 heterocycles. The average molecular weight is 787 g/mol. The van der Waals surface area contributed by atoms with Crippen molar-refractivity contribution in [2.75, 3.05) is 44.8 Å². The minimum Gasteiger partial charge on any atom is -0.375 e. The second-order valence-corrected chi connectivity index (χ2v) is 16.7. The van der Waals surface area contributed by atoms with Gasteiger partial charge in [0.2, 0.25) is 5.96 Å². The topological polar surface area (TPSA) is 74.6 Å². The minimum absolute atomic E-state index is 0.0235. The summed E-state index contributed by atoms with van der Waals surface area (Å²) in [6, 6.07) is 0.0239. The Balaban J connectivity index is 1.88. The fraction of sp³-hybridized carbons (Fsp3) is 0.667. The van der Waals surface area contributed by atoms with Crippen LogP contribution in [0.4, 0.5) is 39.5 Å². The van der Waals surface area contributed by atoms with Gasteiger partial charge in [0.25, 0.3) is 0 Å². The Hall–Kier alpha value is -3.08. The zero-order valence-electron chi connectivity index (χ0n) is 30.4. The Labute approximate surface area is 305 Å². The highest BCUT2D eigenvalue weighted by molar-refractivity contribution is 7.90. The van der Waals surface area contributed by atoms with Crippen LogP contribution in [0.15, 0.2) is 51.1 Å². The number of rotatable bonds is 13. The molecule has 3 aliphatic rings. The third-order valence-electron chi connectivity index (χ3n) is 10.0. The second kappa shape index (κ2) is 16.3. The third-order valence-corrected chi connectivity index (χ3v) is 10.9. The molecule has 3 atom stereocenters. The summed E-state index contributed by atoms with van der Waals surface area (Å²) in [4.78, 5) is 12.3. The number of nitrogens with zero attached hydrogens (tertiary/aromatic N) is 4. The first kappa shape index (κ1) is 42.7. The molecule has 17 heteroatoms. The van der Waals surface area contributed by atoms with Crippen LogP contribution in [-0.4, -0.2) is 87.0 Å². The number of halogens is 9. The van der Waals surface area contributed by atoms with Crippen molar-refractivity contribution in [3.05, 3.63) is 57.8 Å². The smallest absolute Gasteiger partial charge is 0.375 e. The summed E-state index contributed by atoms with van der Waals surface area (Å²) < 4.78 is 156. The molecule has 3 unspecified atom stereocenters. The Morgan fingerprint density at radius 1 is 0.962 bits per heavy atom. The van der Waals surface area contributed by atoms with Crippen molar-refractivity contribution in [1.29, 1.82) is 0 Å². The second-order valence-electron chi connectivity index (χ2n) is 14.4. The van der Waals surface area contributed by atoms with Gasteiger partial charge in [0, 0.05) is 43.4 Å². The predicted molar refractivity (Wildman–Crippen MR) is 185 cm³/mol. The molecule has 0 bridgehead atoms. The van der Waals surface area contributed by atoms with Gasteiger partial charge < -0.3 is 14.5 Å². The Morgan fingerprint density at radius 3 is 2.04 bits per heavy atom. The molecule has 0 saturated heterocycles. The van der Waals surface area contributed by atoms with Crippen molar-refractivity contribution in [1.82, 2.24) is 9.80 Å². The van der Waals surface area contributed by atoms with Crippen LogP contribution in [0.25, 0.3) is 0 Å². The molecule has 53 heavy (non-hydrogen) atoms. The van der Waals surface area contributed by atoms with Gasteiger partial charge in [0.1, 0.15) is 15.4 Å². The molecule has 0 N–H and O–H groups in total. The fourth-order valence-electron chi connectivity index (χ4n) is 7.20. The van der Waals surface area contributed by atoms with Crippen LogP contribution in [0.1, 0.15) is 89.0 Å². The molecule has 0 spiro atoms. The Bertz CT molecular complexity index is 1660. The molecular formula is C36H47F9N4O3S. The van der Waals surface area contributed by atoms with E-state index in [4.69, 9.17) is 4.74 Å². The highest BCUT2D eigenvalue weighted by Crippen LogP contribution is 2.43. The first-order chi connectivity index (χ1) is 24.4. The van der Waals surface area contributed by atoms with E-state index in [0.717, 1.165) is 38.0 Å². The zero-order chi connectivity index (χ0) is 39.6. The van der Waals surface area contributed by atoms with Crippen molar-refractivity contribution in [2.24, 2.45) is 21.8 Å². The lowest BCUT2D eigenvalue weighted by Gasteiger charge is -2.40. The number of allylic oxidation sites excluding steroid dienone is 2. The van der Waals surface area contributed by atoms with Crippen LogP contribution in [0.3, 0.4) is 0 Å². The van der Waals surface area contributed by atoms with Crippen LogP contribution in [0.5, 0.6) is 0 Å². The molecule has 298 valence electrons. The summed E-state index contributed by atoms with van der Waals surface area (Å²) in [7, 11) is -3.38. The van der Waals surface area contributed by atoms with Gasteiger partial charge in [-0.05, 0) is 86.8 Å². The lowest BCUT2D eigenvalue weighted by molar-refractivity contribution is -0.143. The van der Waals surface area contributed by atoms with E-state index in [-0.39, 0.29) is 61.5 Å². The average Bonchev–Trinajstić information content (AvgIpc) is 3.56. The lowest BCUT2D eigenvalue weighted by atomic mass is 9.85. The maximum Gasteiger partial charge on any atom is 0.416 e. The number of aliphatic imine (C=N–C) groups is 2. The zero-order valence-corrected chi connectivity index (χ0v) is 31.2. The van der Waals surface area contributed by atoms with Gasteiger partial charge in [-0.1, -0.05) is 26.7 Å². The van der Waals surface area contributed by atoms with Crippen LogP contribution >= 0.6 is 0 Å². The van der Waals surface area contributed by atoms with E-state index < -0.39 is 62.6 Å². The number of benzene rings is 1. The third kappa shape index (κ3) is 11.2. The summed E-state index contributed by atoms with van der Waals surface area (Å²) in [5, 5.41) is 0. The Morgan fingerprint density at radius 2 is 1.57 bits per heavy atom. The predicted octanol–water partition coefficient (Wildman–Crippen LogP) is 9.03. The fourth-order valence-corrected chi connectivity index (χ4v) is 7.58. The lowest BCUT2D eigenvalue weighted by Crippen LogP contribution is -2.44. The quantitative estimate of drug-likeness (QED) is 0.187. The molecule has 1 aliphatic heterocycles.